The SMILES string of the molecule is CC(C)(C)OC(=O)NCc1cccc(Oc2cc(Cl)ccc2N(CCCCC(=O)O)C(=O)c2ccc(-c3ccccc3)cc2)c1. The summed E-state index contributed by atoms with van der Waals surface area (Å²) >= 11 is 6.38. The smallest absolute Gasteiger partial charge is 0.407 e. The van der Waals surface area contributed by atoms with Gasteiger partial charge in [0.25, 0.3) is 5.91 Å². The number of carboxylic acid groups (broad SMARTS) is 1. The second-order valence-corrected chi connectivity index (χ2v) is 11.9. The molecule has 0 saturated carbocycles. The van der Waals surface area contributed by atoms with Crippen molar-refractivity contribution in [2.75, 3.05) is 11.4 Å². The lowest BCUT2D eigenvalue weighted by molar-refractivity contribution is -0.137. The Bertz CT molecular complexity index is 1620. The molecule has 9 heteroatoms. The van der Waals surface area contributed by atoms with E-state index in [0.717, 1.165) is 16.7 Å². The second kappa shape index (κ2) is 15.3. The molecule has 0 spiro atoms. The van der Waals surface area contributed by atoms with Crippen molar-refractivity contribution in [1.29, 1.82) is 0 Å². The van der Waals surface area contributed by atoms with Gasteiger partial charge in [0, 0.05) is 36.2 Å². The molecule has 0 heterocycles. The van der Waals surface area contributed by atoms with Gasteiger partial charge in [-0.15, -0.1) is 0 Å². The summed E-state index contributed by atoms with van der Waals surface area (Å²) in [7, 11) is 0. The summed E-state index contributed by atoms with van der Waals surface area (Å²) < 4.78 is 11.6. The number of aliphatic carboxylic acids is 1. The molecule has 0 radical (unpaired) electrons. The predicted molar refractivity (Wildman–Crippen MR) is 176 cm³/mol. The minimum atomic E-state index is -0.888. The van der Waals surface area contributed by atoms with Crippen LogP contribution < -0.4 is 15.0 Å². The van der Waals surface area contributed by atoms with E-state index in [9.17, 15) is 14.4 Å². The van der Waals surface area contributed by atoms with Crippen molar-refractivity contribution < 1.29 is 29.0 Å². The summed E-state index contributed by atoms with van der Waals surface area (Å²) in [5.41, 5.74) is 3.16. The number of carbonyl (C=O) groups is 3. The average molecular weight is 629 g/mol. The van der Waals surface area contributed by atoms with E-state index >= 15 is 0 Å². The van der Waals surface area contributed by atoms with Crippen molar-refractivity contribution in [2.45, 2.75) is 52.2 Å². The highest BCUT2D eigenvalue weighted by Crippen LogP contribution is 2.36. The largest absolute Gasteiger partial charge is 0.481 e. The molecular weight excluding hydrogens is 592 g/mol. The van der Waals surface area contributed by atoms with Gasteiger partial charge in [-0.1, -0.05) is 66.2 Å². The predicted octanol–water partition coefficient (Wildman–Crippen LogP) is 8.73. The van der Waals surface area contributed by atoms with Crippen LogP contribution in [0.2, 0.25) is 5.02 Å². The summed E-state index contributed by atoms with van der Waals surface area (Å²) in [6.07, 6.45) is 0.346. The van der Waals surface area contributed by atoms with Gasteiger partial charge in [0.2, 0.25) is 0 Å². The third-order valence-corrected chi connectivity index (χ3v) is 6.92. The molecule has 4 rings (SSSR count). The van der Waals surface area contributed by atoms with E-state index in [1.165, 1.54) is 0 Å². The Kier molecular flexibility index (Phi) is 11.2. The Hall–Kier alpha value is -4.82. The first-order valence-corrected chi connectivity index (χ1v) is 15.1. The van der Waals surface area contributed by atoms with Gasteiger partial charge in [0.05, 0.1) is 5.69 Å². The molecule has 0 saturated heterocycles. The molecule has 0 aromatic heterocycles. The van der Waals surface area contributed by atoms with Gasteiger partial charge in [-0.25, -0.2) is 4.79 Å². The molecule has 0 aliphatic rings. The third kappa shape index (κ3) is 10.1. The Morgan fingerprint density at radius 3 is 2.24 bits per heavy atom. The number of carboxylic acids is 1. The number of rotatable bonds is 12. The molecule has 0 aliphatic heterocycles. The molecule has 0 atom stereocenters. The normalized spacial score (nSPS) is 11.0. The average Bonchev–Trinajstić information content (AvgIpc) is 3.00. The molecule has 8 nitrogen and oxygen atoms in total. The van der Waals surface area contributed by atoms with Gasteiger partial charge in [0.15, 0.2) is 5.75 Å². The van der Waals surface area contributed by atoms with Crippen LogP contribution in [0, 0.1) is 0 Å². The number of nitrogens with zero attached hydrogens (tertiary/aromatic N) is 1. The van der Waals surface area contributed by atoms with Crippen LogP contribution in [0.1, 0.15) is 56.0 Å². The highest BCUT2D eigenvalue weighted by atomic mass is 35.5. The molecule has 0 unspecified atom stereocenters. The molecule has 45 heavy (non-hydrogen) atoms. The first-order chi connectivity index (χ1) is 21.5. The van der Waals surface area contributed by atoms with Gasteiger partial charge in [-0.2, -0.15) is 0 Å². The Morgan fingerprint density at radius 2 is 1.56 bits per heavy atom. The van der Waals surface area contributed by atoms with Gasteiger partial charge >= 0.3 is 12.1 Å². The fourth-order valence-electron chi connectivity index (χ4n) is 4.60. The van der Waals surface area contributed by atoms with Crippen LogP contribution >= 0.6 is 11.6 Å². The number of nitrogens with one attached hydrogen (secondary N) is 1. The van der Waals surface area contributed by atoms with Crippen LogP contribution in [0.5, 0.6) is 11.5 Å². The van der Waals surface area contributed by atoms with E-state index in [2.05, 4.69) is 5.32 Å². The highest BCUT2D eigenvalue weighted by molar-refractivity contribution is 6.30. The fourth-order valence-corrected chi connectivity index (χ4v) is 4.76. The molecular formula is C36H37ClN2O6. The van der Waals surface area contributed by atoms with Gasteiger partial charge in [-0.3, -0.25) is 9.59 Å². The van der Waals surface area contributed by atoms with Crippen molar-refractivity contribution in [3.05, 3.63) is 113 Å². The highest BCUT2D eigenvalue weighted by Gasteiger charge is 2.22. The number of alkyl carbamates (subject to hydrolysis) is 1. The van der Waals surface area contributed by atoms with E-state index in [0.29, 0.717) is 40.6 Å². The number of carbonyl (C=O) groups excluding carboxylic acids is 2. The molecule has 234 valence electrons. The fraction of sp³-hybridized carbons (Fsp3) is 0.250. The van der Waals surface area contributed by atoms with Gasteiger partial charge in [-0.05, 0) is 86.7 Å². The minimum Gasteiger partial charge on any atom is -0.481 e. The van der Waals surface area contributed by atoms with E-state index in [1.54, 1.807) is 74.2 Å². The first-order valence-electron chi connectivity index (χ1n) is 14.7. The summed E-state index contributed by atoms with van der Waals surface area (Å²) in [6.45, 7) is 5.88. The summed E-state index contributed by atoms with van der Waals surface area (Å²) in [4.78, 5) is 38.9. The Labute approximate surface area is 268 Å². The number of hydrogen-bond donors (Lipinski definition) is 2. The monoisotopic (exact) mass is 628 g/mol. The Balaban J connectivity index is 1.59. The van der Waals surface area contributed by atoms with Crippen LogP contribution in [0.3, 0.4) is 0 Å². The molecule has 4 aromatic rings. The molecule has 0 bridgehead atoms. The van der Waals surface area contributed by atoms with E-state index < -0.39 is 17.7 Å². The van der Waals surface area contributed by atoms with Gasteiger partial charge < -0.3 is 24.8 Å². The van der Waals surface area contributed by atoms with Crippen LogP contribution in [0.4, 0.5) is 10.5 Å². The van der Waals surface area contributed by atoms with Crippen LogP contribution in [-0.2, 0) is 16.1 Å². The lowest BCUT2D eigenvalue weighted by atomic mass is 10.0. The number of amides is 2. The molecule has 0 fully saturated rings. The number of benzene rings is 4. The zero-order chi connectivity index (χ0) is 32.4. The zero-order valence-electron chi connectivity index (χ0n) is 25.6. The quantitative estimate of drug-likeness (QED) is 0.152. The minimum absolute atomic E-state index is 0.00189. The second-order valence-electron chi connectivity index (χ2n) is 11.5. The van der Waals surface area contributed by atoms with Crippen LogP contribution in [0.15, 0.2) is 97.1 Å². The van der Waals surface area contributed by atoms with Crippen molar-refractivity contribution in [1.82, 2.24) is 5.32 Å². The molecule has 2 amide bonds. The zero-order valence-corrected chi connectivity index (χ0v) is 26.3. The lowest BCUT2D eigenvalue weighted by Gasteiger charge is -2.25. The summed E-state index contributed by atoms with van der Waals surface area (Å²) in [5.74, 6) is -0.312. The van der Waals surface area contributed by atoms with Gasteiger partial charge in [0.1, 0.15) is 11.4 Å². The van der Waals surface area contributed by atoms with Crippen molar-refractivity contribution >= 4 is 35.3 Å². The molecule has 2 N–H and O–H groups in total. The first kappa shape index (κ1) is 33.1. The maximum absolute atomic E-state index is 14.0. The summed E-state index contributed by atoms with van der Waals surface area (Å²) in [6, 6.07) is 29.5. The maximum atomic E-state index is 14.0. The standard InChI is InChI=1S/C36H37ClN2O6/c1-36(2,3)45-35(43)38-24-25-10-9-13-30(22-25)44-32-23-29(37)19-20-31(32)39(21-8-7-14-33(40)41)34(42)28-17-15-27(16-18-28)26-11-5-4-6-12-26/h4-6,9-13,15-20,22-23H,7-8,14,21,24H2,1-3H3,(H,38,43)(H,40,41). The number of unbranched alkanes of at least 4 members (excludes halogenated alkanes) is 1. The Morgan fingerprint density at radius 1 is 0.844 bits per heavy atom. The van der Waals surface area contributed by atoms with E-state index in [1.807, 2.05) is 48.5 Å². The van der Waals surface area contributed by atoms with Crippen LogP contribution in [-0.4, -0.2) is 35.2 Å². The lowest BCUT2D eigenvalue weighted by Crippen LogP contribution is -2.32. The number of ether oxygens (including phenoxy) is 2. The number of hydrogen-bond acceptors (Lipinski definition) is 5. The summed E-state index contributed by atoms with van der Waals surface area (Å²) in [5, 5.41) is 12.3. The maximum Gasteiger partial charge on any atom is 0.407 e. The number of halogens is 1. The van der Waals surface area contributed by atoms with E-state index in [4.69, 9.17) is 26.2 Å². The molecule has 4 aromatic carbocycles. The van der Waals surface area contributed by atoms with Crippen molar-refractivity contribution in [3.8, 4) is 22.6 Å². The van der Waals surface area contributed by atoms with Crippen LogP contribution in [0.25, 0.3) is 11.1 Å². The van der Waals surface area contributed by atoms with E-state index in [-0.39, 0.29) is 25.4 Å². The van der Waals surface area contributed by atoms with Crippen molar-refractivity contribution in [2.24, 2.45) is 0 Å². The molecule has 0 aliphatic carbocycles. The number of anilines is 1. The topological polar surface area (TPSA) is 105 Å². The third-order valence-electron chi connectivity index (χ3n) is 6.68. The van der Waals surface area contributed by atoms with Crippen molar-refractivity contribution in [3.63, 3.8) is 0 Å².